The number of benzene rings is 1. The summed E-state index contributed by atoms with van der Waals surface area (Å²) in [6.07, 6.45) is 2.18. The standard InChI is InChI=1S/C12H10BrNO4/c1-8(15)18-14-11(5-6-12(16)17)9-3-2-4-10(13)7-9/h2-7H,1H3,(H,16,17)/b6-5+,14-11+. The van der Waals surface area contributed by atoms with E-state index < -0.39 is 11.9 Å². The van der Waals surface area contributed by atoms with E-state index >= 15 is 0 Å². The number of aliphatic carboxylic acids is 1. The first-order chi connectivity index (χ1) is 8.49. The monoisotopic (exact) mass is 311 g/mol. The summed E-state index contributed by atoms with van der Waals surface area (Å²) >= 11 is 3.29. The Morgan fingerprint density at radius 2 is 2.11 bits per heavy atom. The first-order valence-corrected chi connectivity index (χ1v) is 5.71. The van der Waals surface area contributed by atoms with E-state index in [0.29, 0.717) is 5.56 Å². The van der Waals surface area contributed by atoms with E-state index in [0.717, 1.165) is 10.5 Å². The molecule has 1 rings (SSSR count). The van der Waals surface area contributed by atoms with E-state index in [1.807, 2.05) is 6.07 Å². The average molecular weight is 312 g/mol. The van der Waals surface area contributed by atoms with Crippen LogP contribution in [0.1, 0.15) is 12.5 Å². The largest absolute Gasteiger partial charge is 0.478 e. The number of carbonyl (C=O) groups excluding carboxylic acids is 1. The van der Waals surface area contributed by atoms with Crippen LogP contribution in [-0.2, 0) is 14.4 Å². The van der Waals surface area contributed by atoms with Crippen molar-refractivity contribution in [2.45, 2.75) is 6.92 Å². The molecule has 94 valence electrons. The molecular formula is C12H10BrNO4. The molecule has 0 heterocycles. The molecule has 6 heteroatoms. The van der Waals surface area contributed by atoms with Crippen LogP contribution in [0.5, 0.6) is 0 Å². The third-order valence-electron chi connectivity index (χ3n) is 1.78. The topological polar surface area (TPSA) is 76.0 Å². The van der Waals surface area contributed by atoms with Gasteiger partial charge in [0, 0.05) is 23.0 Å². The van der Waals surface area contributed by atoms with Crippen LogP contribution in [0.3, 0.4) is 0 Å². The maximum atomic E-state index is 10.7. The molecule has 0 fully saturated rings. The lowest BCUT2D eigenvalue weighted by atomic mass is 10.1. The highest BCUT2D eigenvalue weighted by Gasteiger charge is 2.03. The van der Waals surface area contributed by atoms with Gasteiger partial charge in [-0.25, -0.2) is 9.59 Å². The van der Waals surface area contributed by atoms with Crippen molar-refractivity contribution in [1.82, 2.24) is 0 Å². The Kier molecular flexibility index (Phi) is 5.26. The van der Waals surface area contributed by atoms with Crippen molar-refractivity contribution in [3.63, 3.8) is 0 Å². The van der Waals surface area contributed by atoms with Gasteiger partial charge in [0.05, 0.1) is 0 Å². The molecule has 1 aromatic carbocycles. The van der Waals surface area contributed by atoms with E-state index in [9.17, 15) is 9.59 Å². The molecule has 0 aliphatic heterocycles. The molecule has 0 unspecified atom stereocenters. The summed E-state index contributed by atoms with van der Waals surface area (Å²) in [6, 6.07) is 7.03. The minimum absolute atomic E-state index is 0.244. The van der Waals surface area contributed by atoms with Crippen LogP contribution in [0, 0.1) is 0 Å². The van der Waals surface area contributed by atoms with Gasteiger partial charge in [0.1, 0.15) is 5.71 Å². The Hall–Kier alpha value is -1.95. The summed E-state index contributed by atoms with van der Waals surface area (Å²) in [6.45, 7) is 1.21. The van der Waals surface area contributed by atoms with Crippen molar-refractivity contribution in [2.24, 2.45) is 5.16 Å². The fourth-order valence-corrected chi connectivity index (χ4v) is 1.49. The second-order valence-corrected chi connectivity index (χ2v) is 4.16. The number of halogens is 1. The lowest BCUT2D eigenvalue weighted by molar-refractivity contribution is -0.140. The zero-order chi connectivity index (χ0) is 13.5. The van der Waals surface area contributed by atoms with Crippen LogP contribution >= 0.6 is 15.9 Å². The van der Waals surface area contributed by atoms with Crippen LogP contribution in [-0.4, -0.2) is 22.8 Å². The number of hydrogen-bond acceptors (Lipinski definition) is 4. The number of carboxylic acids is 1. The molecule has 0 spiro atoms. The molecule has 0 aromatic heterocycles. The average Bonchev–Trinajstić information content (AvgIpc) is 2.28. The highest BCUT2D eigenvalue weighted by molar-refractivity contribution is 9.10. The lowest BCUT2D eigenvalue weighted by Crippen LogP contribution is -2.02. The molecule has 0 aliphatic rings. The third-order valence-corrected chi connectivity index (χ3v) is 2.27. The van der Waals surface area contributed by atoms with Crippen molar-refractivity contribution in [3.05, 3.63) is 46.5 Å². The highest BCUT2D eigenvalue weighted by atomic mass is 79.9. The van der Waals surface area contributed by atoms with Gasteiger partial charge in [0.25, 0.3) is 0 Å². The number of carboxylic acid groups (broad SMARTS) is 1. The molecule has 5 nitrogen and oxygen atoms in total. The van der Waals surface area contributed by atoms with E-state index in [4.69, 9.17) is 5.11 Å². The Morgan fingerprint density at radius 3 is 2.67 bits per heavy atom. The van der Waals surface area contributed by atoms with Crippen LogP contribution in [0.4, 0.5) is 0 Å². The van der Waals surface area contributed by atoms with Crippen LogP contribution in [0.15, 0.2) is 46.0 Å². The van der Waals surface area contributed by atoms with Gasteiger partial charge in [-0.05, 0) is 18.2 Å². The SMILES string of the molecule is CC(=O)O/N=C(\C=C\C(=O)O)c1cccc(Br)c1. The number of nitrogens with zero attached hydrogens (tertiary/aromatic N) is 1. The predicted molar refractivity (Wildman–Crippen MR) is 69.2 cm³/mol. The van der Waals surface area contributed by atoms with Crippen LogP contribution in [0.25, 0.3) is 0 Å². The van der Waals surface area contributed by atoms with E-state index in [2.05, 4.69) is 25.9 Å². The molecule has 0 bridgehead atoms. The smallest absolute Gasteiger partial charge is 0.332 e. The Balaban J connectivity index is 3.07. The van der Waals surface area contributed by atoms with Gasteiger partial charge in [-0.2, -0.15) is 0 Å². The minimum atomic E-state index is -1.11. The first kappa shape index (κ1) is 14.1. The second kappa shape index (κ2) is 6.70. The second-order valence-electron chi connectivity index (χ2n) is 3.24. The van der Waals surface area contributed by atoms with Crippen LogP contribution < -0.4 is 0 Å². The fourth-order valence-electron chi connectivity index (χ4n) is 1.09. The summed E-state index contributed by atoms with van der Waals surface area (Å²) in [5, 5.41) is 12.2. The highest BCUT2D eigenvalue weighted by Crippen LogP contribution is 2.13. The summed E-state index contributed by atoms with van der Waals surface area (Å²) in [5.41, 5.74) is 0.872. The summed E-state index contributed by atoms with van der Waals surface area (Å²) < 4.78 is 0.805. The normalized spacial score (nSPS) is 11.6. The molecule has 1 aromatic rings. The van der Waals surface area contributed by atoms with E-state index in [1.54, 1.807) is 18.2 Å². The molecule has 0 saturated heterocycles. The summed E-state index contributed by atoms with van der Waals surface area (Å²) in [4.78, 5) is 25.7. The minimum Gasteiger partial charge on any atom is -0.478 e. The van der Waals surface area contributed by atoms with Gasteiger partial charge in [0.2, 0.25) is 0 Å². The predicted octanol–water partition coefficient (Wildman–Crippen LogP) is 2.36. The molecular weight excluding hydrogens is 302 g/mol. The lowest BCUT2D eigenvalue weighted by Gasteiger charge is -2.01. The Morgan fingerprint density at radius 1 is 1.39 bits per heavy atom. The van der Waals surface area contributed by atoms with Gasteiger partial charge < -0.3 is 9.94 Å². The van der Waals surface area contributed by atoms with Gasteiger partial charge in [-0.1, -0.05) is 33.2 Å². The molecule has 1 N–H and O–H groups in total. The fraction of sp³-hybridized carbons (Fsp3) is 0.0833. The zero-order valence-electron chi connectivity index (χ0n) is 9.46. The number of oxime groups is 1. The Labute approximate surface area is 112 Å². The van der Waals surface area contributed by atoms with Crippen molar-refractivity contribution >= 4 is 33.6 Å². The maximum Gasteiger partial charge on any atom is 0.332 e. The maximum absolute atomic E-state index is 10.7. The van der Waals surface area contributed by atoms with Gasteiger partial charge in [-0.15, -0.1) is 0 Å². The molecule has 0 aliphatic carbocycles. The van der Waals surface area contributed by atoms with E-state index in [1.165, 1.54) is 13.0 Å². The molecule has 0 radical (unpaired) electrons. The number of carbonyl (C=O) groups is 2. The van der Waals surface area contributed by atoms with E-state index in [-0.39, 0.29) is 5.71 Å². The summed E-state index contributed by atoms with van der Waals surface area (Å²) in [5.74, 6) is -1.69. The van der Waals surface area contributed by atoms with Crippen LogP contribution in [0.2, 0.25) is 0 Å². The zero-order valence-corrected chi connectivity index (χ0v) is 11.0. The number of hydrogen-bond donors (Lipinski definition) is 1. The van der Waals surface area contributed by atoms with Crippen molar-refractivity contribution in [2.75, 3.05) is 0 Å². The first-order valence-electron chi connectivity index (χ1n) is 4.91. The molecule has 18 heavy (non-hydrogen) atoms. The molecule has 0 amide bonds. The third kappa shape index (κ3) is 4.92. The molecule has 0 saturated carbocycles. The van der Waals surface area contributed by atoms with Gasteiger partial charge in [0.15, 0.2) is 0 Å². The van der Waals surface area contributed by atoms with Gasteiger partial charge >= 0.3 is 11.9 Å². The van der Waals surface area contributed by atoms with Crippen molar-refractivity contribution in [1.29, 1.82) is 0 Å². The quantitative estimate of drug-likeness (QED) is 0.401. The van der Waals surface area contributed by atoms with Gasteiger partial charge in [-0.3, -0.25) is 0 Å². The van der Waals surface area contributed by atoms with Crippen molar-refractivity contribution in [3.8, 4) is 0 Å². The number of allylic oxidation sites excluding steroid dienone is 1. The Bertz CT molecular complexity index is 523. The number of rotatable bonds is 4. The molecule has 0 atom stereocenters. The summed E-state index contributed by atoms with van der Waals surface area (Å²) in [7, 11) is 0. The van der Waals surface area contributed by atoms with Crippen molar-refractivity contribution < 1.29 is 19.5 Å².